The van der Waals surface area contributed by atoms with E-state index in [1.165, 1.54) is 19.3 Å². The molecule has 0 saturated heterocycles. The second-order valence-electron chi connectivity index (χ2n) is 4.96. The van der Waals surface area contributed by atoms with Gasteiger partial charge in [0, 0.05) is 30.2 Å². The molecular weight excluding hydrogens is 244 g/mol. The van der Waals surface area contributed by atoms with Crippen molar-refractivity contribution >= 4 is 28.5 Å². The molecule has 0 aliphatic heterocycles. The van der Waals surface area contributed by atoms with E-state index in [0.717, 1.165) is 23.3 Å². The minimum absolute atomic E-state index is 0.442. The molecule has 96 valence electrons. The van der Waals surface area contributed by atoms with Gasteiger partial charge in [-0.2, -0.15) is 16.9 Å². The van der Waals surface area contributed by atoms with Gasteiger partial charge in [-0.3, -0.25) is 4.68 Å². The van der Waals surface area contributed by atoms with Crippen LogP contribution in [0.4, 0.5) is 5.69 Å². The fourth-order valence-electron chi connectivity index (χ4n) is 2.48. The van der Waals surface area contributed by atoms with Gasteiger partial charge in [0.1, 0.15) is 0 Å². The molecule has 0 amide bonds. The number of pyridine rings is 1. The van der Waals surface area contributed by atoms with E-state index in [1.807, 2.05) is 42.0 Å². The van der Waals surface area contributed by atoms with Crippen LogP contribution in [-0.4, -0.2) is 32.3 Å². The van der Waals surface area contributed by atoms with Crippen molar-refractivity contribution in [2.24, 2.45) is 7.05 Å². The summed E-state index contributed by atoms with van der Waals surface area (Å²) in [7, 11) is 1.93. The van der Waals surface area contributed by atoms with Crippen LogP contribution < -0.4 is 5.32 Å². The number of nitrogens with zero attached hydrogens (tertiary/aromatic N) is 3. The number of hydrogen-bond donors (Lipinski definition) is 1. The summed E-state index contributed by atoms with van der Waals surface area (Å²) in [6.07, 6.45) is 9.95. The summed E-state index contributed by atoms with van der Waals surface area (Å²) in [6, 6.07) is 2.04. The van der Waals surface area contributed by atoms with Crippen molar-refractivity contribution < 1.29 is 0 Å². The van der Waals surface area contributed by atoms with E-state index in [0.29, 0.717) is 4.75 Å². The molecule has 1 fully saturated rings. The second kappa shape index (κ2) is 4.46. The molecule has 0 radical (unpaired) electrons. The molecule has 2 heterocycles. The average Bonchev–Trinajstić information content (AvgIpc) is 2.72. The highest BCUT2D eigenvalue weighted by molar-refractivity contribution is 8.00. The number of aromatic nitrogens is 3. The second-order valence-corrected chi connectivity index (χ2v) is 6.23. The van der Waals surface area contributed by atoms with Crippen LogP contribution >= 0.6 is 11.8 Å². The van der Waals surface area contributed by atoms with E-state index in [1.54, 1.807) is 0 Å². The first-order valence-corrected chi connectivity index (χ1v) is 7.52. The van der Waals surface area contributed by atoms with Crippen molar-refractivity contribution in [1.82, 2.24) is 14.8 Å². The summed E-state index contributed by atoms with van der Waals surface area (Å²) in [4.78, 5) is 4.36. The Morgan fingerprint density at radius 3 is 3.00 bits per heavy atom. The first-order chi connectivity index (χ1) is 8.74. The van der Waals surface area contributed by atoms with Crippen LogP contribution in [0.5, 0.6) is 0 Å². The van der Waals surface area contributed by atoms with Crippen LogP contribution in [0.25, 0.3) is 11.0 Å². The molecular formula is C13H18N4S. The predicted molar refractivity (Wildman–Crippen MR) is 77.1 cm³/mol. The third kappa shape index (κ3) is 1.86. The maximum Gasteiger partial charge on any atom is 0.159 e. The molecule has 2 aromatic heterocycles. The number of fused-ring (bicyclic) bond motifs is 1. The van der Waals surface area contributed by atoms with E-state index in [9.17, 15) is 0 Å². The fraction of sp³-hybridized carbons (Fsp3) is 0.538. The summed E-state index contributed by atoms with van der Waals surface area (Å²) < 4.78 is 2.26. The van der Waals surface area contributed by atoms with E-state index in [-0.39, 0.29) is 0 Å². The van der Waals surface area contributed by atoms with Gasteiger partial charge in [0.15, 0.2) is 5.65 Å². The third-order valence-electron chi connectivity index (χ3n) is 3.93. The Morgan fingerprint density at radius 2 is 2.33 bits per heavy atom. The highest BCUT2D eigenvalue weighted by Crippen LogP contribution is 2.42. The van der Waals surface area contributed by atoms with Crippen LogP contribution in [0, 0.1) is 0 Å². The Bertz CT molecular complexity index is 554. The number of aryl methyl sites for hydroxylation is 1. The maximum atomic E-state index is 4.36. The Balaban J connectivity index is 1.82. The normalized spacial score (nSPS) is 17.7. The zero-order valence-electron chi connectivity index (χ0n) is 10.8. The minimum Gasteiger partial charge on any atom is -0.383 e. The van der Waals surface area contributed by atoms with Gasteiger partial charge in [-0.1, -0.05) is 6.42 Å². The van der Waals surface area contributed by atoms with Gasteiger partial charge in [-0.25, -0.2) is 4.98 Å². The van der Waals surface area contributed by atoms with E-state index >= 15 is 0 Å². The first-order valence-electron chi connectivity index (χ1n) is 6.30. The number of anilines is 1. The number of thioether (sulfide) groups is 1. The quantitative estimate of drug-likeness (QED) is 0.920. The molecule has 0 spiro atoms. The lowest BCUT2D eigenvalue weighted by molar-refractivity contribution is 0.380. The van der Waals surface area contributed by atoms with Crippen molar-refractivity contribution in [2.75, 3.05) is 18.1 Å². The lowest BCUT2D eigenvalue weighted by Crippen LogP contribution is -2.40. The molecule has 1 aliphatic carbocycles. The van der Waals surface area contributed by atoms with Gasteiger partial charge in [-0.15, -0.1) is 0 Å². The van der Waals surface area contributed by atoms with Gasteiger partial charge in [0.25, 0.3) is 0 Å². The zero-order valence-corrected chi connectivity index (χ0v) is 11.6. The minimum atomic E-state index is 0.442. The van der Waals surface area contributed by atoms with Gasteiger partial charge in [-0.05, 0) is 25.2 Å². The molecule has 2 aromatic rings. The Morgan fingerprint density at radius 1 is 1.50 bits per heavy atom. The standard InChI is InChI=1S/C13H18N4S/c1-17-12-10(8-16-17)11(4-7-14-12)15-9-13(18-2)5-3-6-13/h4,7-8H,3,5-6,9H2,1-2H3,(H,14,15). The fourth-order valence-corrected chi connectivity index (χ4v) is 3.39. The summed E-state index contributed by atoms with van der Waals surface area (Å²) >= 11 is 1.99. The molecule has 0 bridgehead atoms. The van der Waals surface area contributed by atoms with Crippen molar-refractivity contribution in [3.8, 4) is 0 Å². The van der Waals surface area contributed by atoms with Crippen molar-refractivity contribution in [2.45, 2.75) is 24.0 Å². The molecule has 0 unspecified atom stereocenters. The van der Waals surface area contributed by atoms with Crippen molar-refractivity contribution in [3.63, 3.8) is 0 Å². The average molecular weight is 262 g/mol. The van der Waals surface area contributed by atoms with Crippen LogP contribution in [0.15, 0.2) is 18.5 Å². The van der Waals surface area contributed by atoms with Crippen LogP contribution in [0.3, 0.4) is 0 Å². The van der Waals surface area contributed by atoms with E-state index in [4.69, 9.17) is 0 Å². The van der Waals surface area contributed by atoms with E-state index in [2.05, 4.69) is 21.7 Å². The van der Waals surface area contributed by atoms with Gasteiger partial charge < -0.3 is 5.32 Å². The first kappa shape index (κ1) is 11.8. The molecule has 0 atom stereocenters. The maximum absolute atomic E-state index is 4.36. The number of nitrogens with one attached hydrogen (secondary N) is 1. The summed E-state index contributed by atoms with van der Waals surface area (Å²) in [5.41, 5.74) is 2.08. The topological polar surface area (TPSA) is 42.7 Å². The summed E-state index contributed by atoms with van der Waals surface area (Å²) in [6.45, 7) is 1.03. The molecule has 1 saturated carbocycles. The third-order valence-corrected chi connectivity index (χ3v) is 5.35. The zero-order chi connectivity index (χ0) is 12.6. The van der Waals surface area contributed by atoms with Crippen LogP contribution in [0.1, 0.15) is 19.3 Å². The van der Waals surface area contributed by atoms with Crippen molar-refractivity contribution in [1.29, 1.82) is 0 Å². The molecule has 4 nitrogen and oxygen atoms in total. The Hall–Kier alpha value is -1.23. The number of hydrogen-bond acceptors (Lipinski definition) is 4. The summed E-state index contributed by atoms with van der Waals surface area (Å²) in [5.74, 6) is 0. The van der Waals surface area contributed by atoms with E-state index < -0.39 is 0 Å². The predicted octanol–water partition coefficient (Wildman–Crippen LogP) is 2.67. The molecule has 1 N–H and O–H groups in total. The van der Waals surface area contributed by atoms with Crippen LogP contribution in [-0.2, 0) is 7.05 Å². The Labute approximate surface area is 111 Å². The summed E-state index contributed by atoms with van der Waals surface area (Å²) in [5, 5.41) is 8.95. The molecule has 1 aliphatic rings. The van der Waals surface area contributed by atoms with Crippen LogP contribution in [0.2, 0.25) is 0 Å². The lowest BCUT2D eigenvalue weighted by Gasteiger charge is -2.40. The lowest BCUT2D eigenvalue weighted by atomic mass is 9.84. The number of rotatable bonds is 4. The van der Waals surface area contributed by atoms with Gasteiger partial charge in [0.2, 0.25) is 0 Å². The Kier molecular flexibility index (Phi) is 2.93. The SMILES string of the molecule is CSC1(CNc2ccnc3c2cnn3C)CCC1. The smallest absolute Gasteiger partial charge is 0.159 e. The van der Waals surface area contributed by atoms with Gasteiger partial charge >= 0.3 is 0 Å². The van der Waals surface area contributed by atoms with Crippen molar-refractivity contribution in [3.05, 3.63) is 18.5 Å². The molecule has 3 rings (SSSR count). The highest BCUT2D eigenvalue weighted by Gasteiger charge is 2.35. The molecule has 0 aromatic carbocycles. The monoisotopic (exact) mass is 262 g/mol. The van der Waals surface area contributed by atoms with Gasteiger partial charge in [0.05, 0.1) is 11.6 Å². The highest BCUT2D eigenvalue weighted by atomic mass is 32.2. The molecule has 18 heavy (non-hydrogen) atoms. The largest absolute Gasteiger partial charge is 0.383 e. The molecule has 5 heteroatoms.